The van der Waals surface area contributed by atoms with Crippen LogP contribution in [0.25, 0.3) is 0 Å². The number of esters is 3. The second-order valence-electron chi connectivity index (χ2n) is 22.4. The molecule has 6 nitrogen and oxygen atoms in total. The highest BCUT2D eigenvalue weighted by Crippen LogP contribution is 2.18. The smallest absolute Gasteiger partial charge is 0.306 e. The van der Waals surface area contributed by atoms with Gasteiger partial charge in [0.25, 0.3) is 0 Å². The predicted molar refractivity (Wildman–Crippen MR) is 316 cm³/mol. The molecule has 0 aromatic carbocycles. The van der Waals surface area contributed by atoms with Crippen LogP contribution in [0.2, 0.25) is 0 Å². The van der Waals surface area contributed by atoms with Crippen LogP contribution in [-0.4, -0.2) is 37.2 Å². The lowest BCUT2D eigenvalue weighted by molar-refractivity contribution is -0.167. The standard InChI is InChI=1S/C67H126O6/c1-4-7-10-13-16-19-22-25-28-30-32-33-35-36-39-42-45-48-51-54-57-60-66(69)72-63-64(62-71-65(68)59-56-53-50-47-44-41-38-27-24-21-18-15-12-9-6-3)73-67(70)61-58-55-52-49-46-43-40-37-34-31-29-26-23-20-17-14-11-8-5-2/h25,27-28,38,64H,4-24,26,29-37,39-63H2,1-3H3/b28-25-,38-27-/t64-/m0/s1. The highest BCUT2D eigenvalue weighted by molar-refractivity contribution is 5.71. The molecular formula is C67H126O6. The Morgan fingerprint density at radius 2 is 0.452 bits per heavy atom. The Bertz CT molecular complexity index is 1180. The molecule has 0 saturated carbocycles. The molecule has 0 amide bonds. The minimum Gasteiger partial charge on any atom is -0.462 e. The maximum Gasteiger partial charge on any atom is 0.306 e. The molecule has 430 valence electrons. The molecule has 1 atom stereocenters. The van der Waals surface area contributed by atoms with E-state index in [-0.39, 0.29) is 31.1 Å². The fourth-order valence-corrected chi connectivity index (χ4v) is 9.97. The summed E-state index contributed by atoms with van der Waals surface area (Å²) < 4.78 is 17.0. The lowest BCUT2D eigenvalue weighted by Crippen LogP contribution is -2.30. The van der Waals surface area contributed by atoms with Gasteiger partial charge in [0.1, 0.15) is 13.2 Å². The Morgan fingerprint density at radius 3 is 0.685 bits per heavy atom. The van der Waals surface area contributed by atoms with E-state index >= 15 is 0 Å². The van der Waals surface area contributed by atoms with E-state index in [0.717, 1.165) is 64.2 Å². The zero-order valence-corrected chi connectivity index (χ0v) is 49.4. The fourth-order valence-electron chi connectivity index (χ4n) is 9.97. The molecule has 0 N–H and O–H groups in total. The van der Waals surface area contributed by atoms with Gasteiger partial charge in [0.2, 0.25) is 0 Å². The zero-order valence-electron chi connectivity index (χ0n) is 49.4. The molecule has 0 radical (unpaired) electrons. The van der Waals surface area contributed by atoms with E-state index in [1.54, 1.807) is 0 Å². The third-order valence-electron chi connectivity index (χ3n) is 14.9. The van der Waals surface area contributed by atoms with E-state index in [0.29, 0.717) is 19.3 Å². The van der Waals surface area contributed by atoms with Crippen molar-refractivity contribution in [3.05, 3.63) is 24.3 Å². The van der Waals surface area contributed by atoms with Gasteiger partial charge in [-0.25, -0.2) is 0 Å². The Labute approximate surface area is 455 Å². The van der Waals surface area contributed by atoms with Gasteiger partial charge < -0.3 is 14.2 Å². The third-order valence-corrected chi connectivity index (χ3v) is 14.9. The Hall–Kier alpha value is -2.11. The van der Waals surface area contributed by atoms with Crippen LogP contribution in [0, 0.1) is 0 Å². The van der Waals surface area contributed by atoms with Crippen LogP contribution in [-0.2, 0) is 28.6 Å². The zero-order chi connectivity index (χ0) is 52.9. The fraction of sp³-hybridized carbons (Fsp3) is 0.896. The van der Waals surface area contributed by atoms with Crippen molar-refractivity contribution in [2.24, 2.45) is 0 Å². The highest BCUT2D eigenvalue weighted by atomic mass is 16.6. The van der Waals surface area contributed by atoms with Gasteiger partial charge in [-0.15, -0.1) is 0 Å². The van der Waals surface area contributed by atoms with Crippen molar-refractivity contribution in [1.29, 1.82) is 0 Å². The van der Waals surface area contributed by atoms with Crippen LogP contribution in [0.1, 0.15) is 367 Å². The summed E-state index contributed by atoms with van der Waals surface area (Å²) in [6.45, 7) is 6.70. The molecule has 0 aliphatic carbocycles. The molecule has 6 heteroatoms. The Morgan fingerprint density at radius 1 is 0.260 bits per heavy atom. The molecule has 0 fully saturated rings. The molecule has 0 aromatic heterocycles. The summed E-state index contributed by atoms with van der Waals surface area (Å²) in [5, 5.41) is 0. The quantitative estimate of drug-likeness (QED) is 0.0261. The van der Waals surface area contributed by atoms with Gasteiger partial charge in [-0.2, -0.15) is 0 Å². The average Bonchev–Trinajstić information content (AvgIpc) is 3.39. The van der Waals surface area contributed by atoms with E-state index in [4.69, 9.17) is 14.2 Å². The second kappa shape index (κ2) is 62.4. The number of hydrogen-bond donors (Lipinski definition) is 0. The number of carbonyl (C=O) groups excluding carboxylic acids is 3. The van der Waals surface area contributed by atoms with Crippen molar-refractivity contribution < 1.29 is 28.6 Å². The Kier molecular flexibility index (Phi) is 60.6. The summed E-state index contributed by atoms with van der Waals surface area (Å²) in [7, 11) is 0. The monoisotopic (exact) mass is 1030 g/mol. The third kappa shape index (κ3) is 60.6. The van der Waals surface area contributed by atoms with Gasteiger partial charge in [0.05, 0.1) is 0 Å². The first kappa shape index (κ1) is 70.9. The highest BCUT2D eigenvalue weighted by Gasteiger charge is 2.19. The molecule has 0 rings (SSSR count). The van der Waals surface area contributed by atoms with Gasteiger partial charge in [0, 0.05) is 19.3 Å². The van der Waals surface area contributed by atoms with Crippen molar-refractivity contribution >= 4 is 17.9 Å². The van der Waals surface area contributed by atoms with Gasteiger partial charge in [-0.3, -0.25) is 14.4 Å². The van der Waals surface area contributed by atoms with E-state index in [9.17, 15) is 14.4 Å². The lowest BCUT2D eigenvalue weighted by atomic mass is 10.0. The molecule has 0 aliphatic heterocycles. The van der Waals surface area contributed by atoms with Gasteiger partial charge >= 0.3 is 17.9 Å². The summed E-state index contributed by atoms with van der Waals surface area (Å²) in [6.07, 6.45) is 74.7. The SMILES string of the molecule is CCCCCCCC/C=C\CCCCCCCCCCCCCC(=O)OC[C@H](COC(=O)CCCCCCC/C=C\CCCCCCCC)OC(=O)CCCCCCCCCCCCCCCCCCCCC. The van der Waals surface area contributed by atoms with E-state index in [1.807, 2.05) is 0 Å². The molecule has 0 heterocycles. The summed E-state index contributed by atoms with van der Waals surface area (Å²) in [5.41, 5.74) is 0. The molecule has 0 bridgehead atoms. The Balaban J connectivity index is 4.30. The van der Waals surface area contributed by atoms with Crippen molar-refractivity contribution in [2.75, 3.05) is 13.2 Å². The first-order chi connectivity index (χ1) is 36.0. The topological polar surface area (TPSA) is 78.9 Å². The number of hydrogen-bond acceptors (Lipinski definition) is 6. The van der Waals surface area contributed by atoms with Crippen LogP contribution < -0.4 is 0 Å². The van der Waals surface area contributed by atoms with Crippen molar-refractivity contribution in [1.82, 2.24) is 0 Å². The molecule has 0 aromatic rings. The maximum atomic E-state index is 12.9. The average molecular weight is 1030 g/mol. The minimum atomic E-state index is -0.772. The van der Waals surface area contributed by atoms with E-state index < -0.39 is 6.10 Å². The maximum absolute atomic E-state index is 12.9. The first-order valence-corrected chi connectivity index (χ1v) is 32.8. The summed E-state index contributed by atoms with van der Waals surface area (Å²) >= 11 is 0. The van der Waals surface area contributed by atoms with E-state index in [1.165, 1.54) is 263 Å². The number of unbranched alkanes of at least 4 members (excludes halogenated alkanes) is 46. The first-order valence-electron chi connectivity index (χ1n) is 32.8. The van der Waals surface area contributed by atoms with Crippen LogP contribution >= 0.6 is 0 Å². The molecule has 73 heavy (non-hydrogen) atoms. The normalized spacial score (nSPS) is 12.1. The number of allylic oxidation sites excluding steroid dienone is 4. The largest absolute Gasteiger partial charge is 0.462 e. The minimum absolute atomic E-state index is 0.0690. The number of rotatable bonds is 61. The summed E-state index contributed by atoms with van der Waals surface area (Å²) in [5.74, 6) is -0.850. The lowest BCUT2D eigenvalue weighted by Gasteiger charge is -2.18. The molecule has 0 saturated heterocycles. The van der Waals surface area contributed by atoms with Crippen LogP contribution in [0.5, 0.6) is 0 Å². The second-order valence-corrected chi connectivity index (χ2v) is 22.4. The summed E-state index contributed by atoms with van der Waals surface area (Å²) in [6, 6.07) is 0. The van der Waals surface area contributed by atoms with Gasteiger partial charge in [-0.1, -0.05) is 302 Å². The van der Waals surface area contributed by atoms with Gasteiger partial charge in [-0.05, 0) is 70.6 Å². The number of carbonyl (C=O) groups is 3. The van der Waals surface area contributed by atoms with E-state index in [2.05, 4.69) is 45.1 Å². The van der Waals surface area contributed by atoms with Crippen LogP contribution in [0.4, 0.5) is 0 Å². The van der Waals surface area contributed by atoms with Crippen molar-refractivity contribution in [3.8, 4) is 0 Å². The molecular weight excluding hydrogens is 901 g/mol. The van der Waals surface area contributed by atoms with Crippen LogP contribution in [0.15, 0.2) is 24.3 Å². The molecule has 0 unspecified atom stereocenters. The predicted octanol–water partition coefficient (Wildman–Crippen LogP) is 22.2. The molecule has 0 spiro atoms. The van der Waals surface area contributed by atoms with Crippen molar-refractivity contribution in [2.45, 2.75) is 374 Å². The van der Waals surface area contributed by atoms with Crippen LogP contribution in [0.3, 0.4) is 0 Å². The summed E-state index contributed by atoms with van der Waals surface area (Å²) in [4.78, 5) is 38.3. The molecule has 0 aliphatic rings. The van der Waals surface area contributed by atoms with Gasteiger partial charge in [0.15, 0.2) is 6.10 Å². The van der Waals surface area contributed by atoms with Crippen molar-refractivity contribution in [3.63, 3.8) is 0 Å². The number of ether oxygens (including phenoxy) is 3.